The monoisotopic (exact) mass is 291 g/mol. The average molecular weight is 291 g/mol. The molecule has 0 N–H and O–H groups in total. The first-order chi connectivity index (χ1) is 9.66. The van der Waals surface area contributed by atoms with Crippen molar-refractivity contribution in [3.05, 3.63) is 41.6 Å². The molecule has 0 radical (unpaired) electrons. The van der Waals surface area contributed by atoms with Crippen molar-refractivity contribution in [3.8, 4) is 0 Å². The lowest BCUT2D eigenvalue weighted by Crippen LogP contribution is -2.40. The number of amides is 1. The standard InChI is InChI=1S/C14H17N3O2S/c1-10-3-5-19-13(10)14(18)17-4-6-20-9-12(17)11-7-15-16(2)8-11/h3,5,7-8,12H,4,6,9H2,1-2H3. The van der Waals surface area contributed by atoms with Crippen LogP contribution < -0.4 is 0 Å². The highest BCUT2D eigenvalue weighted by molar-refractivity contribution is 7.99. The molecule has 20 heavy (non-hydrogen) atoms. The third-order valence-electron chi connectivity index (χ3n) is 3.56. The van der Waals surface area contributed by atoms with Crippen molar-refractivity contribution >= 4 is 17.7 Å². The molecule has 106 valence electrons. The molecule has 0 spiro atoms. The Hall–Kier alpha value is -1.69. The van der Waals surface area contributed by atoms with Crippen molar-refractivity contribution in [3.63, 3.8) is 0 Å². The smallest absolute Gasteiger partial charge is 0.290 e. The highest BCUT2D eigenvalue weighted by Crippen LogP contribution is 2.31. The molecule has 6 heteroatoms. The molecule has 2 aromatic rings. The first kappa shape index (κ1) is 13.3. The van der Waals surface area contributed by atoms with Crippen molar-refractivity contribution in [2.24, 2.45) is 7.05 Å². The van der Waals surface area contributed by atoms with Crippen molar-refractivity contribution in [2.45, 2.75) is 13.0 Å². The molecule has 1 aliphatic rings. The quantitative estimate of drug-likeness (QED) is 0.851. The molecule has 5 nitrogen and oxygen atoms in total. The zero-order chi connectivity index (χ0) is 14.1. The van der Waals surface area contributed by atoms with Crippen LogP contribution in [0.4, 0.5) is 0 Å². The summed E-state index contributed by atoms with van der Waals surface area (Å²) >= 11 is 1.87. The summed E-state index contributed by atoms with van der Waals surface area (Å²) < 4.78 is 7.12. The van der Waals surface area contributed by atoms with Crippen LogP contribution in [0.3, 0.4) is 0 Å². The SMILES string of the molecule is Cc1ccoc1C(=O)N1CCSCC1c1cnn(C)c1. The Balaban J connectivity index is 1.89. The topological polar surface area (TPSA) is 51.3 Å². The van der Waals surface area contributed by atoms with Gasteiger partial charge in [0.1, 0.15) is 0 Å². The van der Waals surface area contributed by atoms with Gasteiger partial charge in [0.05, 0.1) is 18.5 Å². The number of hydrogen-bond donors (Lipinski definition) is 0. The van der Waals surface area contributed by atoms with Gasteiger partial charge < -0.3 is 9.32 Å². The van der Waals surface area contributed by atoms with Gasteiger partial charge in [0, 0.05) is 42.4 Å². The first-order valence-corrected chi connectivity index (χ1v) is 7.73. The van der Waals surface area contributed by atoms with Crippen LogP contribution in [0, 0.1) is 6.92 Å². The lowest BCUT2D eigenvalue weighted by Gasteiger charge is -2.34. The molecular weight excluding hydrogens is 274 g/mol. The first-order valence-electron chi connectivity index (χ1n) is 6.58. The van der Waals surface area contributed by atoms with Gasteiger partial charge in [-0.3, -0.25) is 9.48 Å². The molecule has 1 fully saturated rings. The summed E-state index contributed by atoms with van der Waals surface area (Å²) in [6.07, 6.45) is 5.39. The average Bonchev–Trinajstić information content (AvgIpc) is 3.07. The molecule has 1 atom stereocenters. The molecular formula is C14H17N3O2S. The van der Waals surface area contributed by atoms with Gasteiger partial charge >= 0.3 is 0 Å². The van der Waals surface area contributed by atoms with Crippen LogP contribution in [0.1, 0.15) is 27.7 Å². The maximum Gasteiger partial charge on any atom is 0.290 e. The predicted octanol–water partition coefficient (Wildman–Crippen LogP) is 2.25. The van der Waals surface area contributed by atoms with E-state index in [1.807, 2.05) is 49.1 Å². The normalized spacial score (nSPS) is 19.3. The van der Waals surface area contributed by atoms with Crippen LogP contribution in [-0.2, 0) is 7.05 Å². The van der Waals surface area contributed by atoms with E-state index >= 15 is 0 Å². The number of thioether (sulfide) groups is 1. The second kappa shape index (κ2) is 5.36. The minimum atomic E-state index is -0.0262. The van der Waals surface area contributed by atoms with Crippen LogP contribution in [0.25, 0.3) is 0 Å². The Labute approximate surface area is 121 Å². The summed E-state index contributed by atoms with van der Waals surface area (Å²) in [5, 5.41) is 4.21. The third kappa shape index (κ3) is 2.35. The van der Waals surface area contributed by atoms with Crippen LogP contribution in [0.2, 0.25) is 0 Å². The van der Waals surface area contributed by atoms with Crippen LogP contribution >= 0.6 is 11.8 Å². The molecule has 3 rings (SSSR count). The van der Waals surface area contributed by atoms with Crippen LogP contribution in [0.5, 0.6) is 0 Å². The molecule has 1 saturated heterocycles. The van der Waals surface area contributed by atoms with Gasteiger partial charge in [0.15, 0.2) is 5.76 Å². The van der Waals surface area contributed by atoms with E-state index in [0.29, 0.717) is 5.76 Å². The Morgan fingerprint density at radius 2 is 2.40 bits per heavy atom. The summed E-state index contributed by atoms with van der Waals surface area (Å²) in [6, 6.07) is 1.89. The van der Waals surface area contributed by atoms with Gasteiger partial charge in [0.2, 0.25) is 0 Å². The second-order valence-electron chi connectivity index (χ2n) is 4.97. The summed E-state index contributed by atoms with van der Waals surface area (Å²) in [5.41, 5.74) is 1.97. The minimum Gasteiger partial charge on any atom is -0.459 e. The van der Waals surface area contributed by atoms with Gasteiger partial charge in [-0.25, -0.2) is 0 Å². The largest absolute Gasteiger partial charge is 0.459 e. The Kier molecular flexibility index (Phi) is 3.56. The molecule has 0 aromatic carbocycles. The van der Waals surface area contributed by atoms with Crippen molar-refractivity contribution in [1.82, 2.24) is 14.7 Å². The molecule has 0 bridgehead atoms. The van der Waals surface area contributed by atoms with Gasteiger partial charge in [-0.05, 0) is 13.0 Å². The highest BCUT2D eigenvalue weighted by Gasteiger charge is 2.31. The number of carbonyl (C=O) groups is 1. The molecule has 1 amide bonds. The maximum atomic E-state index is 12.7. The molecule has 0 aliphatic carbocycles. The van der Waals surface area contributed by atoms with E-state index < -0.39 is 0 Å². The lowest BCUT2D eigenvalue weighted by molar-refractivity contribution is 0.0667. The van der Waals surface area contributed by atoms with E-state index in [1.165, 1.54) is 0 Å². The van der Waals surface area contributed by atoms with E-state index in [2.05, 4.69) is 5.10 Å². The van der Waals surface area contributed by atoms with E-state index in [1.54, 1.807) is 10.9 Å². The Bertz CT molecular complexity index is 619. The Morgan fingerprint density at radius 3 is 3.05 bits per heavy atom. The zero-order valence-electron chi connectivity index (χ0n) is 11.6. The van der Waals surface area contributed by atoms with Crippen LogP contribution in [0.15, 0.2) is 29.1 Å². The van der Waals surface area contributed by atoms with Gasteiger partial charge in [-0.2, -0.15) is 16.9 Å². The summed E-state index contributed by atoms with van der Waals surface area (Å²) in [5.74, 6) is 2.28. The summed E-state index contributed by atoms with van der Waals surface area (Å²) in [6.45, 7) is 2.64. The fourth-order valence-electron chi connectivity index (χ4n) is 2.46. The molecule has 0 saturated carbocycles. The second-order valence-corrected chi connectivity index (χ2v) is 6.12. The number of nitrogens with zero attached hydrogens (tertiary/aromatic N) is 3. The molecule has 3 heterocycles. The van der Waals surface area contributed by atoms with Crippen LogP contribution in [-0.4, -0.2) is 38.6 Å². The number of furan rings is 1. The maximum absolute atomic E-state index is 12.7. The highest BCUT2D eigenvalue weighted by atomic mass is 32.2. The zero-order valence-corrected chi connectivity index (χ0v) is 12.4. The van der Waals surface area contributed by atoms with E-state index in [9.17, 15) is 4.79 Å². The fraction of sp³-hybridized carbons (Fsp3) is 0.429. The van der Waals surface area contributed by atoms with E-state index in [-0.39, 0.29) is 11.9 Å². The predicted molar refractivity (Wildman–Crippen MR) is 77.8 cm³/mol. The third-order valence-corrected chi connectivity index (χ3v) is 4.58. The summed E-state index contributed by atoms with van der Waals surface area (Å²) in [4.78, 5) is 14.6. The molecule has 2 aromatic heterocycles. The fourth-order valence-corrected chi connectivity index (χ4v) is 3.55. The minimum absolute atomic E-state index is 0.0262. The lowest BCUT2D eigenvalue weighted by atomic mass is 10.1. The number of aromatic nitrogens is 2. The molecule has 1 aliphatic heterocycles. The number of aryl methyl sites for hydroxylation is 2. The van der Waals surface area contributed by atoms with Crippen molar-refractivity contribution < 1.29 is 9.21 Å². The van der Waals surface area contributed by atoms with Gasteiger partial charge in [0.25, 0.3) is 5.91 Å². The Morgan fingerprint density at radius 1 is 1.55 bits per heavy atom. The number of rotatable bonds is 2. The number of carbonyl (C=O) groups excluding carboxylic acids is 1. The van der Waals surface area contributed by atoms with E-state index in [4.69, 9.17) is 4.42 Å². The van der Waals surface area contributed by atoms with Crippen molar-refractivity contribution in [1.29, 1.82) is 0 Å². The van der Waals surface area contributed by atoms with Crippen molar-refractivity contribution in [2.75, 3.05) is 18.1 Å². The molecule has 1 unspecified atom stereocenters. The van der Waals surface area contributed by atoms with E-state index in [0.717, 1.165) is 29.2 Å². The summed E-state index contributed by atoms with van der Waals surface area (Å²) in [7, 11) is 1.89. The van der Waals surface area contributed by atoms with Gasteiger partial charge in [-0.1, -0.05) is 0 Å². The van der Waals surface area contributed by atoms with Gasteiger partial charge in [-0.15, -0.1) is 0 Å². The number of hydrogen-bond acceptors (Lipinski definition) is 4.